The molecule has 0 fully saturated rings. The molecule has 84 valence electrons. The Kier molecular flexibility index (Phi) is 4.09. The van der Waals surface area contributed by atoms with E-state index in [1.54, 1.807) is 0 Å². The fourth-order valence-corrected chi connectivity index (χ4v) is 1.58. The molecule has 0 atom stereocenters. The van der Waals surface area contributed by atoms with Gasteiger partial charge >= 0.3 is 0 Å². The van der Waals surface area contributed by atoms with Gasteiger partial charge in [-0.1, -0.05) is 19.9 Å². The highest BCUT2D eigenvalue weighted by Gasteiger charge is 2.12. The van der Waals surface area contributed by atoms with Crippen LogP contribution in [0.1, 0.15) is 30.9 Å². The van der Waals surface area contributed by atoms with Crippen molar-refractivity contribution in [3.8, 4) is 5.75 Å². The summed E-state index contributed by atoms with van der Waals surface area (Å²) in [6.45, 7) is 4.57. The smallest absolute Gasteiger partial charge is 0.165 e. The van der Waals surface area contributed by atoms with Crippen LogP contribution < -0.4 is 10.5 Å². The van der Waals surface area contributed by atoms with Crippen LogP contribution in [0.4, 0.5) is 4.39 Å². The maximum Gasteiger partial charge on any atom is 0.165 e. The molecule has 0 saturated carbocycles. The van der Waals surface area contributed by atoms with Gasteiger partial charge in [0.1, 0.15) is 0 Å². The molecule has 15 heavy (non-hydrogen) atoms. The number of methoxy groups -OCH3 is 1. The zero-order chi connectivity index (χ0) is 11.4. The highest BCUT2D eigenvalue weighted by molar-refractivity contribution is 5.40. The summed E-state index contributed by atoms with van der Waals surface area (Å²) in [7, 11) is 1.48. The molecule has 3 heteroatoms. The van der Waals surface area contributed by atoms with Crippen LogP contribution in [0.2, 0.25) is 0 Å². The number of benzene rings is 1. The predicted octanol–water partition coefficient (Wildman–Crippen LogP) is 2.46. The van der Waals surface area contributed by atoms with Crippen molar-refractivity contribution in [1.82, 2.24) is 0 Å². The molecule has 0 radical (unpaired) electrons. The average molecular weight is 211 g/mol. The molecule has 0 heterocycles. The van der Waals surface area contributed by atoms with E-state index in [0.29, 0.717) is 24.6 Å². The predicted molar refractivity (Wildman–Crippen MR) is 59.8 cm³/mol. The molecule has 0 amide bonds. The van der Waals surface area contributed by atoms with Gasteiger partial charge in [-0.3, -0.25) is 0 Å². The lowest BCUT2D eigenvalue weighted by Crippen LogP contribution is -2.06. The highest BCUT2D eigenvalue weighted by atomic mass is 19.1. The lowest BCUT2D eigenvalue weighted by Gasteiger charge is -2.13. The largest absolute Gasteiger partial charge is 0.493 e. The van der Waals surface area contributed by atoms with Gasteiger partial charge in [-0.25, -0.2) is 4.39 Å². The fourth-order valence-electron chi connectivity index (χ4n) is 1.58. The Labute approximate surface area is 90.2 Å². The number of hydrogen-bond acceptors (Lipinski definition) is 2. The summed E-state index contributed by atoms with van der Waals surface area (Å²) in [5.74, 6) is 0.332. The van der Waals surface area contributed by atoms with Gasteiger partial charge in [0.25, 0.3) is 0 Å². The summed E-state index contributed by atoms with van der Waals surface area (Å²) >= 11 is 0. The van der Waals surface area contributed by atoms with Gasteiger partial charge in [0.2, 0.25) is 0 Å². The van der Waals surface area contributed by atoms with Crippen molar-refractivity contribution < 1.29 is 9.13 Å². The maximum atomic E-state index is 13.6. The first-order valence-electron chi connectivity index (χ1n) is 5.16. The number of hydrogen-bond donors (Lipinski definition) is 1. The van der Waals surface area contributed by atoms with E-state index in [4.69, 9.17) is 10.5 Å². The summed E-state index contributed by atoms with van der Waals surface area (Å²) in [4.78, 5) is 0. The molecule has 0 saturated heterocycles. The molecule has 0 aliphatic rings. The normalized spacial score (nSPS) is 10.8. The third-order valence-electron chi connectivity index (χ3n) is 2.43. The topological polar surface area (TPSA) is 35.2 Å². The Morgan fingerprint density at radius 2 is 2.07 bits per heavy atom. The van der Waals surface area contributed by atoms with E-state index >= 15 is 0 Å². The molecule has 0 bridgehead atoms. The third-order valence-corrected chi connectivity index (χ3v) is 2.43. The molecule has 0 aromatic heterocycles. The average Bonchev–Trinajstić information content (AvgIpc) is 2.17. The second-order valence-corrected chi connectivity index (χ2v) is 3.89. The van der Waals surface area contributed by atoms with Crippen LogP contribution in [0.3, 0.4) is 0 Å². The zero-order valence-electron chi connectivity index (χ0n) is 9.51. The standard InChI is InChI=1S/C12H18FNO/c1-8(2)10-6-9(4-5-14)12(15-3)11(13)7-10/h6-8H,4-5,14H2,1-3H3. The first-order chi connectivity index (χ1) is 7.10. The summed E-state index contributed by atoms with van der Waals surface area (Å²) in [5, 5.41) is 0. The number of halogens is 1. The van der Waals surface area contributed by atoms with Crippen molar-refractivity contribution in [2.75, 3.05) is 13.7 Å². The van der Waals surface area contributed by atoms with Gasteiger partial charge in [-0.15, -0.1) is 0 Å². The number of ether oxygens (including phenoxy) is 1. The molecule has 1 aromatic rings. The van der Waals surface area contributed by atoms with Crippen molar-refractivity contribution in [3.05, 3.63) is 29.1 Å². The molecule has 2 N–H and O–H groups in total. The number of rotatable bonds is 4. The Morgan fingerprint density at radius 3 is 2.53 bits per heavy atom. The summed E-state index contributed by atoms with van der Waals surface area (Å²) in [6, 6.07) is 3.50. The summed E-state index contributed by atoms with van der Waals surface area (Å²) in [5.41, 5.74) is 7.32. The minimum absolute atomic E-state index is 0.299. The van der Waals surface area contributed by atoms with Crippen molar-refractivity contribution in [2.24, 2.45) is 5.73 Å². The van der Waals surface area contributed by atoms with E-state index in [1.165, 1.54) is 13.2 Å². The SMILES string of the molecule is COc1c(F)cc(C(C)C)cc1CCN. The van der Waals surface area contributed by atoms with Crippen molar-refractivity contribution in [1.29, 1.82) is 0 Å². The van der Waals surface area contributed by atoms with Gasteiger partial charge in [0.15, 0.2) is 11.6 Å². The van der Waals surface area contributed by atoms with Gasteiger partial charge in [-0.2, -0.15) is 0 Å². The molecule has 2 nitrogen and oxygen atoms in total. The molecule has 0 aliphatic carbocycles. The van der Waals surface area contributed by atoms with Crippen molar-refractivity contribution in [2.45, 2.75) is 26.2 Å². The Hall–Kier alpha value is -1.09. The lowest BCUT2D eigenvalue weighted by atomic mass is 9.98. The first-order valence-corrected chi connectivity index (χ1v) is 5.16. The van der Waals surface area contributed by atoms with E-state index < -0.39 is 0 Å². The van der Waals surface area contributed by atoms with E-state index in [9.17, 15) is 4.39 Å². The quantitative estimate of drug-likeness (QED) is 0.830. The Morgan fingerprint density at radius 1 is 1.40 bits per heavy atom. The zero-order valence-corrected chi connectivity index (χ0v) is 9.51. The third kappa shape index (κ3) is 2.69. The molecular weight excluding hydrogens is 193 g/mol. The minimum Gasteiger partial charge on any atom is -0.493 e. The van der Waals surface area contributed by atoms with Crippen LogP contribution in [-0.4, -0.2) is 13.7 Å². The van der Waals surface area contributed by atoms with Crippen LogP contribution in [0, 0.1) is 5.82 Å². The van der Waals surface area contributed by atoms with Crippen LogP contribution in [0.25, 0.3) is 0 Å². The van der Waals surface area contributed by atoms with Gasteiger partial charge in [-0.05, 0) is 36.1 Å². The Balaban J connectivity index is 3.19. The first kappa shape index (κ1) is 12.0. The van der Waals surface area contributed by atoms with E-state index in [0.717, 1.165) is 11.1 Å². The second-order valence-electron chi connectivity index (χ2n) is 3.89. The van der Waals surface area contributed by atoms with E-state index in [2.05, 4.69) is 0 Å². The molecule has 0 spiro atoms. The van der Waals surface area contributed by atoms with Crippen LogP contribution in [-0.2, 0) is 6.42 Å². The molecule has 1 aromatic carbocycles. The van der Waals surface area contributed by atoms with Crippen LogP contribution in [0.5, 0.6) is 5.75 Å². The summed E-state index contributed by atoms with van der Waals surface area (Å²) in [6.07, 6.45) is 0.640. The van der Waals surface area contributed by atoms with Gasteiger partial charge in [0.05, 0.1) is 7.11 Å². The molecule has 0 aliphatic heterocycles. The lowest BCUT2D eigenvalue weighted by molar-refractivity contribution is 0.381. The summed E-state index contributed by atoms with van der Waals surface area (Å²) < 4.78 is 18.7. The van der Waals surface area contributed by atoms with Gasteiger partial charge < -0.3 is 10.5 Å². The van der Waals surface area contributed by atoms with Crippen LogP contribution in [0.15, 0.2) is 12.1 Å². The highest BCUT2D eigenvalue weighted by Crippen LogP contribution is 2.27. The van der Waals surface area contributed by atoms with E-state index in [-0.39, 0.29) is 5.82 Å². The van der Waals surface area contributed by atoms with Crippen molar-refractivity contribution in [3.63, 3.8) is 0 Å². The monoisotopic (exact) mass is 211 g/mol. The molecule has 0 unspecified atom stereocenters. The second kappa shape index (κ2) is 5.12. The van der Waals surface area contributed by atoms with Gasteiger partial charge in [0, 0.05) is 0 Å². The number of nitrogens with two attached hydrogens (primary N) is 1. The molecule has 1 rings (SSSR count). The molecular formula is C12H18FNO. The maximum absolute atomic E-state index is 13.6. The Bertz CT molecular complexity index is 337. The minimum atomic E-state index is -0.299. The fraction of sp³-hybridized carbons (Fsp3) is 0.500. The van der Waals surface area contributed by atoms with E-state index in [1.807, 2.05) is 19.9 Å². The van der Waals surface area contributed by atoms with Crippen molar-refractivity contribution >= 4 is 0 Å². The van der Waals surface area contributed by atoms with Crippen LogP contribution >= 0.6 is 0 Å².